The number of fused-ring (bicyclic) bond motifs is 1. The molecule has 2 aromatic carbocycles. The molecule has 0 spiro atoms. The zero-order valence-corrected chi connectivity index (χ0v) is 16.1. The van der Waals surface area contributed by atoms with Gasteiger partial charge in [0.05, 0.1) is 0 Å². The van der Waals surface area contributed by atoms with Crippen molar-refractivity contribution < 1.29 is 4.52 Å². The van der Waals surface area contributed by atoms with Crippen LogP contribution in [0.4, 0.5) is 0 Å². The van der Waals surface area contributed by atoms with E-state index in [9.17, 15) is 0 Å². The summed E-state index contributed by atoms with van der Waals surface area (Å²) < 4.78 is 5.51. The maximum absolute atomic E-state index is 6.76. The zero-order chi connectivity index (χ0) is 18.1. The highest BCUT2D eigenvalue weighted by molar-refractivity contribution is 5.92. The number of para-hydroxylation sites is 1. The first-order chi connectivity index (χ1) is 12.6. The van der Waals surface area contributed by atoms with E-state index in [1.165, 1.54) is 0 Å². The highest BCUT2D eigenvalue weighted by atomic mass is 35.5. The van der Waals surface area contributed by atoms with Gasteiger partial charge in [0, 0.05) is 34.3 Å². The van der Waals surface area contributed by atoms with Crippen LogP contribution in [0, 0.1) is 0 Å². The van der Waals surface area contributed by atoms with Crippen molar-refractivity contribution in [3.05, 3.63) is 84.2 Å². The van der Waals surface area contributed by atoms with Crippen LogP contribution in [-0.2, 0) is 5.41 Å². The molecular formula is C22H22ClN3O. The van der Waals surface area contributed by atoms with Crippen molar-refractivity contribution in [2.75, 3.05) is 0 Å². The maximum atomic E-state index is 6.76. The Morgan fingerprint density at radius 3 is 2.41 bits per heavy atom. The second-order valence-corrected chi connectivity index (χ2v) is 7.03. The summed E-state index contributed by atoms with van der Waals surface area (Å²) in [7, 11) is 0. The van der Waals surface area contributed by atoms with Crippen LogP contribution < -0.4 is 5.73 Å². The number of hydrogen-bond acceptors (Lipinski definition) is 4. The summed E-state index contributed by atoms with van der Waals surface area (Å²) in [5.74, 6) is 0. The molecule has 0 aliphatic heterocycles. The Bertz CT molecular complexity index is 1040. The third kappa shape index (κ3) is 3.34. The van der Waals surface area contributed by atoms with E-state index < -0.39 is 0 Å². The third-order valence-corrected chi connectivity index (χ3v) is 5.03. The number of nitrogens with zero attached hydrogens (tertiary/aromatic N) is 2. The van der Waals surface area contributed by atoms with Gasteiger partial charge in [0.2, 0.25) is 0 Å². The molecule has 0 radical (unpaired) electrons. The van der Waals surface area contributed by atoms with E-state index in [0.29, 0.717) is 0 Å². The van der Waals surface area contributed by atoms with E-state index in [0.717, 1.165) is 33.5 Å². The minimum Gasteiger partial charge on any atom is -0.356 e. The summed E-state index contributed by atoms with van der Waals surface area (Å²) in [5.41, 5.74) is 11.0. The normalized spacial score (nSPS) is 12.6. The second kappa shape index (κ2) is 7.51. The molecule has 2 aromatic heterocycles. The predicted molar refractivity (Wildman–Crippen MR) is 111 cm³/mol. The summed E-state index contributed by atoms with van der Waals surface area (Å²) in [6.45, 7) is 4.25. The highest BCUT2D eigenvalue weighted by Crippen LogP contribution is 2.39. The minimum atomic E-state index is -0.336. The zero-order valence-electron chi connectivity index (χ0n) is 15.3. The molecule has 0 bridgehead atoms. The number of rotatable bonds is 4. The fourth-order valence-corrected chi connectivity index (χ4v) is 3.36. The molecule has 4 nitrogen and oxygen atoms in total. The van der Waals surface area contributed by atoms with Gasteiger partial charge in [-0.1, -0.05) is 61.5 Å². The van der Waals surface area contributed by atoms with Crippen LogP contribution >= 0.6 is 12.4 Å². The average Bonchev–Trinajstić information content (AvgIpc) is 3.12. The second-order valence-electron chi connectivity index (χ2n) is 7.03. The Hall–Kier alpha value is -2.69. The van der Waals surface area contributed by atoms with Crippen LogP contribution in [-0.4, -0.2) is 10.1 Å². The number of halogens is 1. The molecule has 0 aliphatic rings. The van der Waals surface area contributed by atoms with Crippen molar-refractivity contribution in [1.82, 2.24) is 10.1 Å². The lowest BCUT2D eigenvalue weighted by Crippen LogP contribution is -2.34. The molecule has 0 unspecified atom stereocenters. The number of benzene rings is 2. The molecule has 0 fully saturated rings. The van der Waals surface area contributed by atoms with Gasteiger partial charge in [0.25, 0.3) is 0 Å². The first-order valence-electron chi connectivity index (χ1n) is 8.70. The van der Waals surface area contributed by atoms with Crippen molar-refractivity contribution in [2.24, 2.45) is 5.73 Å². The molecule has 4 aromatic rings. The summed E-state index contributed by atoms with van der Waals surface area (Å²) in [6, 6.07) is 21.7. The number of hydrogen-bond donors (Lipinski definition) is 1. The van der Waals surface area contributed by atoms with Gasteiger partial charge in [-0.2, -0.15) is 0 Å². The lowest BCUT2D eigenvalue weighted by Gasteiger charge is -2.32. The van der Waals surface area contributed by atoms with Crippen LogP contribution in [0.3, 0.4) is 0 Å². The molecule has 5 heteroatoms. The lowest BCUT2D eigenvalue weighted by atomic mass is 9.76. The molecule has 2 N–H and O–H groups in total. The van der Waals surface area contributed by atoms with Crippen LogP contribution in [0.15, 0.2) is 77.4 Å². The van der Waals surface area contributed by atoms with E-state index in [1.54, 1.807) is 6.20 Å². The van der Waals surface area contributed by atoms with Crippen molar-refractivity contribution >= 4 is 23.4 Å². The first-order valence-corrected chi connectivity index (χ1v) is 8.70. The van der Waals surface area contributed by atoms with Crippen molar-refractivity contribution in [1.29, 1.82) is 0 Å². The number of pyridine rings is 1. The van der Waals surface area contributed by atoms with Gasteiger partial charge in [-0.15, -0.1) is 12.4 Å². The van der Waals surface area contributed by atoms with Gasteiger partial charge in [-0.05, 0) is 29.8 Å². The van der Waals surface area contributed by atoms with Crippen LogP contribution in [0.25, 0.3) is 22.2 Å². The Labute approximate surface area is 164 Å². The summed E-state index contributed by atoms with van der Waals surface area (Å²) in [5, 5.41) is 5.31. The summed E-state index contributed by atoms with van der Waals surface area (Å²) >= 11 is 0. The van der Waals surface area contributed by atoms with E-state index in [1.807, 2.05) is 60.7 Å². The topological polar surface area (TPSA) is 64.9 Å². The Morgan fingerprint density at radius 2 is 1.63 bits per heavy atom. The van der Waals surface area contributed by atoms with Crippen LogP contribution in [0.2, 0.25) is 0 Å². The summed E-state index contributed by atoms with van der Waals surface area (Å²) in [6.07, 6.45) is 1.81. The monoisotopic (exact) mass is 379 g/mol. The van der Waals surface area contributed by atoms with Gasteiger partial charge in [0.15, 0.2) is 5.58 Å². The van der Waals surface area contributed by atoms with Gasteiger partial charge in [0.1, 0.15) is 5.69 Å². The quantitative estimate of drug-likeness (QED) is 0.523. The molecule has 4 rings (SSSR count). The molecule has 0 aliphatic carbocycles. The standard InChI is InChI=1S/C22H21N3O.ClH/c1-22(2,19-13-7-8-14-24-19)21(23)16-10-4-3-9-15(16)20-17-11-5-6-12-18(17)26-25-20;/h3-14,21H,23H2,1-2H3;1H/t21-;/m1./s1. The summed E-state index contributed by atoms with van der Waals surface area (Å²) in [4.78, 5) is 4.53. The maximum Gasteiger partial charge on any atom is 0.167 e. The Balaban J connectivity index is 0.00000210. The fourth-order valence-electron chi connectivity index (χ4n) is 3.36. The highest BCUT2D eigenvalue weighted by Gasteiger charge is 2.33. The minimum absolute atomic E-state index is 0. The largest absolute Gasteiger partial charge is 0.356 e. The van der Waals surface area contributed by atoms with Gasteiger partial charge in [-0.3, -0.25) is 4.98 Å². The van der Waals surface area contributed by atoms with Gasteiger partial charge >= 0.3 is 0 Å². The molecule has 0 saturated carbocycles. The predicted octanol–water partition coefficient (Wildman–Crippen LogP) is 5.29. The molecule has 0 saturated heterocycles. The van der Waals surface area contributed by atoms with Crippen molar-refractivity contribution in [2.45, 2.75) is 25.3 Å². The molecule has 27 heavy (non-hydrogen) atoms. The average molecular weight is 380 g/mol. The van der Waals surface area contributed by atoms with E-state index in [-0.39, 0.29) is 23.9 Å². The smallest absolute Gasteiger partial charge is 0.167 e. The van der Waals surface area contributed by atoms with Crippen molar-refractivity contribution in [3.8, 4) is 11.3 Å². The van der Waals surface area contributed by atoms with E-state index in [2.05, 4.69) is 30.1 Å². The molecular weight excluding hydrogens is 358 g/mol. The van der Waals surface area contributed by atoms with E-state index >= 15 is 0 Å². The van der Waals surface area contributed by atoms with Gasteiger partial charge in [-0.25, -0.2) is 0 Å². The van der Waals surface area contributed by atoms with Gasteiger partial charge < -0.3 is 10.3 Å². The van der Waals surface area contributed by atoms with Crippen LogP contribution in [0.1, 0.15) is 31.1 Å². The SMILES string of the molecule is CC(C)(c1ccccn1)[C@H](N)c1ccccc1-c1noc2ccccc12.Cl. The molecule has 2 heterocycles. The number of aromatic nitrogens is 2. The lowest BCUT2D eigenvalue weighted by molar-refractivity contribution is 0.409. The Kier molecular flexibility index (Phi) is 5.31. The number of nitrogens with two attached hydrogens (primary N) is 1. The first kappa shape index (κ1) is 19.1. The Morgan fingerprint density at radius 1 is 0.926 bits per heavy atom. The third-order valence-electron chi connectivity index (χ3n) is 5.03. The van der Waals surface area contributed by atoms with Crippen LogP contribution in [0.5, 0.6) is 0 Å². The molecule has 1 atom stereocenters. The van der Waals surface area contributed by atoms with E-state index in [4.69, 9.17) is 10.3 Å². The van der Waals surface area contributed by atoms with Crippen molar-refractivity contribution in [3.63, 3.8) is 0 Å². The molecule has 138 valence electrons. The fraction of sp³-hybridized carbons (Fsp3) is 0.182. The molecule has 0 amide bonds.